The van der Waals surface area contributed by atoms with E-state index in [0.29, 0.717) is 0 Å². The average molecular weight is 536 g/mol. The molecule has 212 valence electrons. The molecule has 2 unspecified atom stereocenters. The summed E-state index contributed by atoms with van der Waals surface area (Å²) in [6.45, 7) is 9.98. The Hall–Kier alpha value is -3.47. The molecule has 0 spiro atoms. The molecule has 2 atom stereocenters. The predicted molar refractivity (Wildman–Crippen MR) is 139 cm³/mol. The molecule has 11 heteroatoms. The number of hydrogen-bond acceptors (Lipinski definition) is 9. The van der Waals surface area contributed by atoms with E-state index < -0.39 is 53.0 Å². The molecule has 2 amide bonds. The molecule has 1 rings (SSSR count). The molecule has 0 saturated carbocycles. The first-order valence-corrected chi connectivity index (χ1v) is 12.5. The molecule has 0 fully saturated rings. The van der Waals surface area contributed by atoms with Crippen LogP contribution in [-0.2, 0) is 44.8 Å². The maximum absolute atomic E-state index is 12.6. The van der Waals surface area contributed by atoms with Gasteiger partial charge >= 0.3 is 17.9 Å². The van der Waals surface area contributed by atoms with Crippen LogP contribution in [0.3, 0.4) is 0 Å². The lowest BCUT2D eigenvalue weighted by Crippen LogP contribution is -2.50. The van der Waals surface area contributed by atoms with Gasteiger partial charge in [-0.05, 0) is 59.9 Å². The third kappa shape index (κ3) is 14.9. The van der Waals surface area contributed by atoms with Crippen LogP contribution >= 0.6 is 0 Å². The highest BCUT2D eigenvalue weighted by Crippen LogP contribution is 2.14. The zero-order chi connectivity index (χ0) is 28.9. The van der Waals surface area contributed by atoms with Crippen molar-refractivity contribution in [2.75, 3.05) is 6.54 Å². The number of nitrogens with two attached hydrogens (primary N) is 1. The third-order valence-electron chi connectivity index (χ3n) is 4.76. The van der Waals surface area contributed by atoms with E-state index in [1.54, 1.807) is 41.5 Å². The number of rotatable bonds is 13. The van der Waals surface area contributed by atoms with Crippen LogP contribution < -0.4 is 16.4 Å². The molecule has 0 aromatic heterocycles. The van der Waals surface area contributed by atoms with Crippen molar-refractivity contribution < 1.29 is 38.2 Å². The molecular weight excluding hydrogens is 494 g/mol. The summed E-state index contributed by atoms with van der Waals surface area (Å²) < 4.78 is 15.7. The first-order valence-electron chi connectivity index (χ1n) is 12.5. The summed E-state index contributed by atoms with van der Waals surface area (Å²) in [5, 5.41) is 4.93. The fraction of sp³-hybridized carbons (Fsp3) is 0.593. The Labute approximate surface area is 224 Å². The summed E-state index contributed by atoms with van der Waals surface area (Å²) in [7, 11) is 0. The normalized spacial score (nSPS) is 13.0. The lowest BCUT2D eigenvalue weighted by Gasteiger charge is -2.26. The van der Waals surface area contributed by atoms with Gasteiger partial charge in [-0.15, -0.1) is 0 Å². The third-order valence-corrected chi connectivity index (χ3v) is 4.76. The molecule has 1 aromatic rings. The molecule has 1 aromatic carbocycles. The molecular formula is C27H41N3O8. The van der Waals surface area contributed by atoms with E-state index in [1.807, 2.05) is 30.3 Å². The van der Waals surface area contributed by atoms with E-state index in [4.69, 9.17) is 19.9 Å². The van der Waals surface area contributed by atoms with Crippen LogP contribution in [-0.4, -0.2) is 59.6 Å². The van der Waals surface area contributed by atoms with Crippen LogP contribution in [0.1, 0.15) is 72.8 Å². The van der Waals surface area contributed by atoms with Crippen LogP contribution in [0.2, 0.25) is 0 Å². The predicted octanol–water partition coefficient (Wildman–Crippen LogP) is 1.90. The van der Waals surface area contributed by atoms with E-state index in [-0.39, 0.29) is 38.8 Å². The van der Waals surface area contributed by atoms with Crippen molar-refractivity contribution in [2.45, 2.75) is 97.1 Å². The van der Waals surface area contributed by atoms with Gasteiger partial charge in [0.15, 0.2) is 0 Å². The Balaban J connectivity index is 2.53. The minimum Gasteiger partial charge on any atom is -0.460 e. The van der Waals surface area contributed by atoms with E-state index >= 15 is 0 Å². The highest BCUT2D eigenvalue weighted by atomic mass is 16.6. The van der Waals surface area contributed by atoms with Crippen molar-refractivity contribution in [1.82, 2.24) is 10.6 Å². The number of amides is 2. The molecule has 0 radical (unpaired) electrons. The monoisotopic (exact) mass is 535 g/mol. The van der Waals surface area contributed by atoms with Crippen molar-refractivity contribution >= 4 is 29.7 Å². The Morgan fingerprint density at radius 2 is 1.45 bits per heavy atom. The molecule has 0 aliphatic rings. The second-order valence-electron chi connectivity index (χ2n) is 10.8. The topological polar surface area (TPSA) is 163 Å². The lowest BCUT2D eigenvalue weighted by atomic mass is 10.1. The second-order valence-corrected chi connectivity index (χ2v) is 10.8. The Morgan fingerprint density at radius 1 is 0.842 bits per heavy atom. The Kier molecular flexibility index (Phi) is 12.9. The van der Waals surface area contributed by atoms with Gasteiger partial charge in [0.25, 0.3) is 0 Å². The summed E-state index contributed by atoms with van der Waals surface area (Å²) in [6, 6.07) is 6.86. The quantitative estimate of drug-likeness (QED) is 0.253. The highest BCUT2D eigenvalue weighted by Gasteiger charge is 2.29. The minimum atomic E-state index is -1.13. The molecule has 38 heavy (non-hydrogen) atoms. The number of ether oxygens (including phenoxy) is 3. The molecule has 0 heterocycles. The van der Waals surface area contributed by atoms with Gasteiger partial charge in [0, 0.05) is 12.8 Å². The lowest BCUT2D eigenvalue weighted by molar-refractivity contribution is -0.160. The molecule has 0 saturated heterocycles. The highest BCUT2D eigenvalue weighted by molar-refractivity contribution is 5.88. The summed E-state index contributed by atoms with van der Waals surface area (Å²) in [5.41, 5.74) is 5.24. The SMILES string of the molecule is CC(C)(C)OC(=O)CCC(NC(=O)C(N)CCC(=O)NCC(=O)OCc1ccccc1)C(=O)OC(C)(C)C. The maximum atomic E-state index is 12.6. The largest absolute Gasteiger partial charge is 0.460 e. The second kappa shape index (κ2) is 15.1. The molecule has 0 bridgehead atoms. The van der Waals surface area contributed by atoms with Crippen LogP contribution in [0, 0.1) is 0 Å². The number of hydrogen-bond donors (Lipinski definition) is 3. The van der Waals surface area contributed by atoms with Crippen LogP contribution in [0.4, 0.5) is 0 Å². The fourth-order valence-electron chi connectivity index (χ4n) is 3.02. The van der Waals surface area contributed by atoms with Crippen molar-refractivity contribution in [3.8, 4) is 0 Å². The van der Waals surface area contributed by atoms with Gasteiger partial charge in [0.1, 0.15) is 30.4 Å². The maximum Gasteiger partial charge on any atom is 0.329 e. The van der Waals surface area contributed by atoms with Crippen LogP contribution in [0.15, 0.2) is 30.3 Å². The molecule has 0 aliphatic carbocycles. The van der Waals surface area contributed by atoms with Gasteiger partial charge < -0.3 is 30.6 Å². The number of carbonyl (C=O) groups is 5. The van der Waals surface area contributed by atoms with Gasteiger partial charge in [0.05, 0.1) is 6.04 Å². The first-order chi connectivity index (χ1) is 17.6. The van der Waals surface area contributed by atoms with Gasteiger partial charge in [-0.25, -0.2) is 4.79 Å². The molecule has 4 N–H and O–H groups in total. The van der Waals surface area contributed by atoms with E-state index in [0.717, 1.165) is 5.56 Å². The average Bonchev–Trinajstić information content (AvgIpc) is 2.80. The number of carbonyl (C=O) groups excluding carboxylic acids is 5. The Bertz CT molecular complexity index is 951. The zero-order valence-electron chi connectivity index (χ0n) is 23.1. The summed E-state index contributed by atoms with van der Waals surface area (Å²) >= 11 is 0. The minimum absolute atomic E-state index is 0.0379. The number of benzene rings is 1. The number of esters is 3. The van der Waals surface area contributed by atoms with E-state index in [2.05, 4.69) is 10.6 Å². The smallest absolute Gasteiger partial charge is 0.329 e. The van der Waals surface area contributed by atoms with Crippen molar-refractivity contribution in [2.24, 2.45) is 5.73 Å². The van der Waals surface area contributed by atoms with Gasteiger partial charge in [-0.2, -0.15) is 0 Å². The Morgan fingerprint density at radius 3 is 2.03 bits per heavy atom. The molecule has 0 aliphatic heterocycles. The summed E-state index contributed by atoms with van der Waals surface area (Å²) in [6.07, 6.45) is -0.341. The molecule has 11 nitrogen and oxygen atoms in total. The van der Waals surface area contributed by atoms with Gasteiger partial charge in [0.2, 0.25) is 11.8 Å². The zero-order valence-corrected chi connectivity index (χ0v) is 23.1. The van der Waals surface area contributed by atoms with Gasteiger partial charge in [-0.3, -0.25) is 19.2 Å². The fourth-order valence-corrected chi connectivity index (χ4v) is 3.02. The summed E-state index contributed by atoms with van der Waals surface area (Å²) in [4.78, 5) is 61.3. The van der Waals surface area contributed by atoms with E-state index in [9.17, 15) is 24.0 Å². The number of nitrogens with one attached hydrogen (secondary N) is 2. The van der Waals surface area contributed by atoms with Crippen molar-refractivity contribution in [1.29, 1.82) is 0 Å². The first kappa shape index (κ1) is 32.6. The van der Waals surface area contributed by atoms with Crippen molar-refractivity contribution in [3.05, 3.63) is 35.9 Å². The summed E-state index contributed by atoms with van der Waals surface area (Å²) in [5.74, 6) is -3.01. The van der Waals surface area contributed by atoms with Crippen molar-refractivity contribution in [3.63, 3.8) is 0 Å². The standard InChI is InChI=1S/C27H41N3O8/c1-26(2,3)37-22(32)15-13-20(25(35)38-27(4,5)6)30-24(34)19(28)12-14-21(31)29-16-23(33)36-17-18-10-8-7-9-11-18/h7-11,19-20H,12-17,28H2,1-6H3,(H,29,31)(H,30,34). The van der Waals surface area contributed by atoms with E-state index in [1.165, 1.54) is 0 Å². The van der Waals surface area contributed by atoms with Gasteiger partial charge in [-0.1, -0.05) is 30.3 Å². The van der Waals surface area contributed by atoms with Crippen LogP contribution in [0.25, 0.3) is 0 Å². The van der Waals surface area contributed by atoms with Crippen LogP contribution in [0.5, 0.6) is 0 Å².